The van der Waals surface area contributed by atoms with Crippen molar-refractivity contribution in [1.82, 2.24) is 10.2 Å². The number of hydrogen-bond donors (Lipinski definition) is 1. The van der Waals surface area contributed by atoms with E-state index in [0.717, 1.165) is 44.0 Å². The van der Waals surface area contributed by atoms with Gasteiger partial charge in [0.15, 0.2) is 0 Å². The number of carbonyl (C=O) groups excluding carboxylic acids is 1. The third-order valence-electron chi connectivity index (χ3n) is 6.78. The molecule has 1 aliphatic heterocycles. The van der Waals surface area contributed by atoms with Gasteiger partial charge in [-0.2, -0.15) is 0 Å². The molecule has 1 N–H and O–H groups in total. The third kappa shape index (κ3) is 7.30. The maximum absolute atomic E-state index is 12.6. The van der Waals surface area contributed by atoms with Crippen LogP contribution in [-0.2, 0) is 19.4 Å². The Morgan fingerprint density at radius 2 is 1.45 bits per heavy atom. The number of nitrogens with one attached hydrogen (secondary N) is 1. The number of carbonyl (C=O) groups is 1. The van der Waals surface area contributed by atoms with Crippen LogP contribution in [0.3, 0.4) is 0 Å². The summed E-state index contributed by atoms with van der Waals surface area (Å²) in [6.07, 6.45) is 5.63. The average molecular weight is 441 g/mol. The molecule has 1 aliphatic rings. The van der Waals surface area contributed by atoms with Crippen LogP contribution >= 0.6 is 0 Å². The molecule has 172 valence electrons. The molecule has 0 spiro atoms. The fourth-order valence-electron chi connectivity index (χ4n) is 4.72. The van der Waals surface area contributed by atoms with Crippen molar-refractivity contribution in [1.29, 1.82) is 0 Å². The van der Waals surface area contributed by atoms with Crippen molar-refractivity contribution < 1.29 is 4.79 Å². The molecule has 1 fully saturated rings. The highest BCUT2D eigenvalue weighted by molar-refractivity contribution is 5.94. The summed E-state index contributed by atoms with van der Waals surface area (Å²) in [7, 11) is 0. The van der Waals surface area contributed by atoms with Gasteiger partial charge >= 0.3 is 0 Å². The Hall–Kier alpha value is -2.91. The van der Waals surface area contributed by atoms with E-state index in [1.165, 1.54) is 36.0 Å². The maximum atomic E-state index is 12.6. The minimum Gasteiger partial charge on any atom is -0.350 e. The summed E-state index contributed by atoms with van der Waals surface area (Å²) in [4.78, 5) is 15.2. The fraction of sp³-hybridized carbons (Fsp3) is 0.367. The SMILES string of the molecule is C[C@H](CCc1ccccc1)NC(=O)c1ccc(CN2CCC(Cc3ccccc3)CC2)cc1. The number of piperidine rings is 1. The molecule has 1 amide bonds. The molecule has 0 radical (unpaired) electrons. The first-order valence-electron chi connectivity index (χ1n) is 12.4. The highest BCUT2D eigenvalue weighted by Gasteiger charge is 2.19. The van der Waals surface area contributed by atoms with Gasteiger partial charge in [0.05, 0.1) is 0 Å². The van der Waals surface area contributed by atoms with E-state index in [-0.39, 0.29) is 11.9 Å². The van der Waals surface area contributed by atoms with Gasteiger partial charge in [-0.15, -0.1) is 0 Å². The molecule has 3 nitrogen and oxygen atoms in total. The molecule has 1 atom stereocenters. The number of rotatable bonds is 9. The largest absolute Gasteiger partial charge is 0.350 e. The van der Waals surface area contributed by atoms with Gasteiger partial charge in [0.2, 0.25) is 0 Å². The molecule has 3 heteroatoms. The van der Waals surface area contributed by atoms with Crippen molar-refractivity contribution >= 4 is 5.91 Å². The quantitative estimate of drug-likeness (QED) is 0.450. The van der Waals surface area contributed by atoms with Crippen LogP contribution in [0.1, 0.15) is 53.2 Å². The molecular weight excluding hydrogens is 404 g/mol. The van der Waals surface area contributed by atoms with E-state index in [2.05, 4.69) is 83.9 Å². The van der Waals surface area contributed by atoms with Crippen LogP contribution in [0.15, 0.2) is 84.9 Å². The number of benzene rings is 3. The molecule has 0 saturated carbocycles. The number of aryl methyl sites for hydroxylation is 1. The van der Waals surface area contributed by atoms with E-state index in [4.69, 9.17) is 0 Å². The van der Waals surface area contributed by atoms with Gasteiger partial charge in [0.1, 0.15) is 0 Å². The van der Waals surface area contributed by atoms with E-state index < -0.39 is 0 Å². The lowest BCUT2D eigenvalue weighted by molar-refractivity contribution is 0.0938. The van der Waals surface area contributed by atoms with Crippen LogP contribution in [0.25, 0.3) is 0 Å². The molecule has 3 aromatic rings. The normalized spacial score (nSPS) is 15.8. The smallest absolute Gasteiger partial charge is 0.251 e. The molecule has 0 bridgehead atoms. The van der Waals surface area contributed by atoms with Gasteiger partial charge in [0.25, 0.3) is 5.91 Å². The lowest BCUT2D eigenvalue weighted by Gasteiger charge is -2.32. The molecule has 1 saturated heterocycles. The van der Waals surface area contributed by atoms with E-state index in [1.807, 2.05) is 18.2 Å². The summed E-state index contributed by atoms with van der Waals surface area (Å²) in [6.45, 7) is 5.35. The lowest BCUT2D eigenvalue weighted by Crippen LogP contribution is -2.34. The van der Waals surface area contributed by atoms with Gasteiger partial charge in [0, 0.05) is 18.2 Å². The van der Waals surface area contributed by atoms with Crippen LogP contribution in [-0.4, -0.2) is 29.9 Å². The van der Waals surface area contributed by atoms with Gasteiger partial charge in [-0.05, 0) is 86.9 Å². The van der Waals surface area contributed by atoms with Crippen LogP contribution in [0.2, 0.25) is 0 Å². The standard InChI is InChI=1S/C30H36N2O/c1-24(12-13-25-8-4-2-5-9-25)31-30(33)29-16-14-28(15-17-29)23-32-20-18-27(19-21-32)22-26-10-6-3-7-11-26/h2-11,14-17,24,27H,12-13,18-23H2,1H3,(H,31,33)/t24-/m1/s1. The lowest BCUT2D eigenvalue weighted by atomic mass is 9.90. The first-order valence-corrected chi connectivity index (χ1v) is 12.4. The van der Waals surface area contributed by atoms with Crippen molar-refractivity contribution in [2.24, 2.45) is 5.92 Å². The number of hydrogen-bond acceptors (Lipinski definition) is 2. The average Bonchev–Trinajstić information content (AvgIpc) is 2.86. The zero-order valence-corrected chi connectivity index (χ0v) is 19.7. The molecule has 3 aromatic carbocycles. The maximum Gasteiger partial charge on any atom is 0.251 e. The van der Waals surface area contributed by atoms with Gasteiger partial charge < -0.3 is 5.32 Å². The molecule has 0 aliphatic carbocycles. The zero-order valence-electron chi connectivity index (χ0n) is 19.7. The summed E-state index contributed by atoms with van der Waals surface area (Å²) >= 11 is 0. The van der Waals surface area contributed by atoms with E-state index in [0.29, 0.717) is 0 Å². The fourth-order valence-corrected chi connectivity index (χ4v) is 4.72. The molecule has 0 aromatic heterocycles. The van der Waals surface area contributed by atoms with Crippen LogP contribution in [0, 0.1) is 5.92 Å². The Balaban J connectivity index is 1.19. The van der Waals surface area contributed by atoms with Crippen LogP contribution in [0.4, 0.5) is 0 Å². The second kappa shape index (κ2) is 11.8. The summed E-state index contributed by atoms with van der Waals surface area (Å²) in [6, 6.07) is 29.6. The first kappa shape index (κ1) is 23.3. The van der Waals surface area contributed by atoms with Crippen LogP contribution < -0.4 is 5.32 Å². The minimum absolute atomic E-state index is 0.0174. The number of amides is 1. The summed E-state index contributed by atoms with van der Waals surface area (Å²) in [5.41, 5.74) is 4.79. The van der Waals surface area contributed by atoms with Gasteiger partial charge in [-0.3, -0.25) is 9.69 Å². The highest BCUT2D eigenvalue weighted by Crippen LogP contribution is 2.23. The summed E-state index contributed by atoms with van der Waals surface area (Å²) < 4.78 is 0. The molecule has 1 heterocycles. The topological polar surface area (TPSA) is 32.3 Å². The predicted molar refractivity (Wildman–Crippen MR) is 136 cm³/mol. The van der Waals surface area contributed by atoms with E-state index in [1.54, 1.807) is 0 Å². The Labute approximate surface area is 198 Å². The number of nitrogens with zero attached hydrogens (tertiary/aromatic N) is 1. The Kier molecular flexibility index (Phi) is 8.32. The van der Waals surface area contributed by atoms with Gasteiger partial charge in [-0.25, -0.2) is 0 Å². The minimum atomic E-state index is 0.0174. The van der Waals surface area contributed by atoms with E-state index in [9.17, 15) is 4.79 Å². The Morgan fingerprint density at radius 1 is 0.848 bits per heavy atom. The van der Waals surface area contributed by atoms with Crippen molar-refractivity contribution in [2.75, 3.05) is 13.1 Å². The molecule has 33 heavy (non-hydrogen) atoms. The third-order valence-corrected chi connectivity index (χ3v) is 6.78. The zero-order chi connectivity index (χ0) is 22.9. The van der Waals surface area contributed by atoms with Crippen molar-refractivity contribution in [3.8, 4) is 0 Å². The van der Waals surface area contributed by atoms with Crippen LogP contribution in [0.5, 0.6) is 0 Å². The molecule has 0 unspecified atom stereocenters. The van der Waals surface area contributed by atoms with Gasteiger partial charge in [-0.1, -0.05) is 72.8 Å². The summed E-state index contributed by atoms with van der Waals surface area (Å²) in [5.74, 6) is 0.808. The first-order chi connectivity index (χ1) is 16.2. The van der Waals surface area contributed by atoms with E-state index >= 15 is 0 Å². The predicted octanol–water partition coefficient (Wildman–Crippen LogP) is 5.89. The Morgan fingerprint density at radius 3 is 2.09 bits per heavy atom. The monoisotopic (exact) mass is 440 g/mol. The highest BCUT2D eigenvalue weighted by atomic mass is 16.1. The second-order valence-corrected chi connectivity index (χ2v) is 9.50. The number of likely N-dealkylation sites (tertiary alicyclic amines) is 1. The summed E-state index contributed by atoms with van der Waals surface area (Å²) in [5, 5.41) is 3.14. The van der Waals surface area contributed by atoms with Crippen molar-refractivity contribution in [2.45, 2.75) is 51.6 Å². The van der Waals surface area contributed by atoms with Crippen molar-refractivity contribution in [3.05, 3.63) is 107 Å². The Bertz CT molecular complexity index is 977. The second-order valence-electron chi connectivity index (χ2n) is 9.50. The van der Waals surface area contributed by atoms with Crippen molar-refractivity contribution in [3.63, 3.8) is 0 Å². The molecule has 4 rings (SSSR count). The molecular formula is C30H36N2O.